The molecule has 2 aliphatic heterocycles. The number of piperidine rings is 1. The molecule has 0 aromatic rings. The predicted octanol–water partition coefficient (Wildman–Crippen LogP) is 1.73. The van der Waals surface area contributed by atoms with Gasteiger partial charge in [0.2, 0.25) is 0 Å². The number of ether oxygens (including phenoxy) is 1. The summed E-state index contributed by atoms with van der Waals surface area (Å²) in [5.74, 6) is 0.844. The highest BCUT2D eigenvalue weighted by Crippen LogP contribution is 2.30. The lowest BCUT2D eigenvalue weighted by atomic mass is 9.84. The van der Waals surface area contributed by atoms with Gasteiger partial charge in [0.25, 0.3) is 0 Å². The minimum atomic E-state index is -0.415. The van der Waals surface area contributed by atoms with Crippen molar-refractivity contribution in [2.45, 2.75) is 70.2 Å². The van der Waals surface area contributed by atoms with Crippen molar-refractivity contribution in [1.29, 1.82) is 0 Å². The van der Waals surface area contributed by atoms with Crippen molar-refractivity contribution >= 4 is 6.09 Å². The molecule has 3 fully saturated rings. The van der Waals surface area contributed by atoms with Crippen LogP contribution in [0.15, 0.2) is 0 Å². The average molecular weight is 295 g/mol. The Morgan fingerprint density at radius 3 is 2.57 bits per heavy atom. The van der Waals surface area contributed by atoms with Gasteiger partial charge in [-0.1, -0.05) is 0 Å². The van der Waals surface area contributed by atoms with Crippen molar-refractivity contribution in [2.75, 3.05) is 19.6 Å². The molecule has 1 saturated carbocycles. The summed E-state index contributed by atoms with van der Waals surface area (Å²) < 4.78 is 5.29. The van der Waals surface area contributed by atoms with Crippen LogP contribution in [0.3, 0.4) is 0 Å². The smallest absolute Gasteiger partial charge is 0.407 e. The molecule has 1 aliphatic carbocycles. The van der Waals surface area contributed by atoms with Gasteiger partial charge in [-0.05, 0) is 65.5 Å². The minimum Gasteiger partial charge on any atom is -0.444 e. The van der Waals surface area contributed by atoms with E-state index in [0.29, 0.717) is 12.1 Å². The van der Waals surface area contributed by atoms with E-state index in [0.717, 1.165) is 18.8 Å². The van der Waals surface area contributed by atoms with Crippen LogP contribution < -0.4 is 10.6 Å². The van der Waals surface area contributed by atoms with Crippen molar-refractivity contribution in [3.05, 3.63) is 0 Å². The van der Waals surface area contributed by atoms with E-state index in [1.54, 1.807) is 0 Å². The van der Waals surface area contributed by atoms with Crippen LogP contribution >= 0.6 is 0 Å². The third kappa shape index (κ3) is 3.89. The highest BCUT2D eigenvalue weighted by atomic mass is 16.6. The number of amides is 1. The van der Waals surface area contributed by atoms with Gasteiger partial charge in [-0.2, -0.15) is 0 Å². The molecule has 5 nitrogen and oxygen atoms in total. The van der Waals surface area contributed by atoms with Crippen LogP contribution in [0.1, 0.15) is 46.5 Å². The van der Waals surface area contributed by atoms with Gasteiger partial charge in [-0.3, -0.25) is 0 Å². The van der Waals surface area contributed by atoms with E-state index in [1.165, 1.54) is 32.5 Å². The van der Waals surface area contributed by atoms with Crippen LogP contribution in [0.25, 0.3) is 0 Å². The first-order valence-corrected chi connectivity index (χ1v) is 8.37. The lowest BCUT2D eigenvalue weighted by Gasteiger charge is -2.41. The molecule has 0 aromatic carbocycles. The van der Waals surface area contributed by atoms with E-state index in [2.05, 4.69) is 15.5 Å². The van der Waals surface area contributed by atoms with Crippen molar-refractivity contribution in [3.63, 3.8) is 0 Å². The number of carbonyl (C=O) groups excluding carboxylic acids is 1. The van der Waals surface area contributed by atoms with E-state index >= 15 is 0 Å². The molecule has 2 bridgehead atoms. The zero-order valence-electron chi connectivity index (χ0n) is 13.5. The van der Waals surface area contributed by atoms with Gasteiger partial charge >= 0.3 is 6.09 Å². The van der Waals surface area contributed by atoms with Crippen LogP contribution in [0.2, 0.25) is 0 Å². The fourth-order valence-corrected chi connectivity index (χ4v) is 3.82. The number of carbonyl (C=O) groups is 1. The molecule has 1 amide bonds. The maximum Gasteiger partial charge on any atom is 0.407 e. The predicted molar refractivity (Wildman–Crippen MR) is 82.3 cm³/mol. The fourth-order valence-electron chi connectivity index (χ4n) is 3.82. The third-order valence-corrected chi connectivity index (χ3v) is 4.94. The standard InChI is InChI=1S/C16H29N3O2/c1-16(2,3)21-15(20)18-13-8-12(9-13)17-14-5-7-19-6-4-11(14)10-19/h11-14,17H,4-10H2,1-3H3,(H,18,20). The Kier molecular flexibility index (Phi) is 4.14. The molecule has 0 radical (unpaired) electrons. The van der Waals surface area contributed by atoms with E-state index in [9.17, 15) is 4.79 Å². The Labute approximate surface area is 127 Å². The maximum absolute atomic E-state index is 11.7. The van der Waals surface area contributed by atoms with E-state index in [1.807, 2.05) is 20.8 Å². The number of rotatable bonds is 3. The first-order valence-electron chi connectivity index (χ1n) is 8.37. The highest BCUT2D eigenvalue weighted by molar-refractivity contribution is 5.68. The largest absolute Gasteiger partial charge is 0.444 e. The van der Waals surface area contributed by atoms with E-state index in [-0.39, 0.29) is 12.1 Å². The average Bonchev–Trinajstić information content (AvgIpc) is 2.70. The molecule has 0 spiro atoms. The molecule has 2 N–H and O–H groups in total. The van der Waals surface area contributed by atoms with Gasteiger partial charge < -0.3 is 20.3 Å². The lowest BCUT2D eigenvalue weighted by molar-refractivity contribution is 0.0458. The second-order valence-corrected chi connectivity index (χ2v) is 7.92. The van der Waals surface area contributed by atoms with Gasteiger partial charge in [0.15, 0.2) is 0 Å². The summed E-state index contributed by atoms with van der Waals surface area (Å²) >= 11 is 0. The second kappa shape index (κ2) is 5.76. The Bertz CT molecular complexity index is 387. The van der Waals surface area contributed by atoms with Crippen molar-refractivity contribution in [1.82, 2.24) is 15.5 Å². The van der Waals surface area contributed by atoms with Gasteiger partial charge in [0.05, 0.1) is 0 Å². The summed E-state index contributed by atoms with van der Waals surface area (Å²) in [6.45, 7) is 9.50. The Balaban J connectivity index is 1.35. The summed E-state index contributed by atoms with van der Waals surface area (Å²) in [7, 11) is 0. The molecule has 120 valence electrons. The third-order valence-electron chi connectivity index (χ3n) is 4.94. The molecule has 3 aliphatic rings. The first kappa shape index (κ1) is 15.1. The van der Waals surface area contributed by atoms with Crippen LogP contribution in [-0.2, 0) is 4.74 Å². The molecular weight excluding hydrogens is 266 g/mol. The number of hydrogen-bond donors (Lipinski definition) is 2. The summed E-state index contributed by atoms with van der Waals surface area (Å²) in [4.78, 5) is 14.3. The van der Waals surface area contributed by atoms with Crippen molar-refractivity contribution in [3.8, 4) is 0 Å². The zero-order chi connectivity index (χ0) is 15.0. The van der Waals surface area contributed by atoms with Gasteiger partial charge in [0.1, 0.15) is 5.60 Å². The Morgan fingerprint density at radius 2 is 1.86 bits per heavy atom. The lowest BCUT2D eigenvalue weighted by Crippen LogP contribution is -2.57. The van der Waals surface area contributed by atoms with E-state index < -0.39 is 5.60 Å². The minimum absolute atomic E-state index is 0.279. The van der Waals surface area contributed by atoms with E-state index in [4.69, 9.17) is 4.74 Å². The van der Waals surface area contributed by atoms with Crippen LogP contribution in [0.4, 0.5) is 4.79 Å². The molecule has 2 saturated heterocycles. The topological polar surface area (TPSA) is 53.6 Å². The summed E-state index contributed by atoms with van der Waals surface area (Å²) in [5.41, 5.74) is -0.415. The summed E-state index contributed by atoms with van der Waals surface area (Å²) in [6, 6.07) is 1.54. The maximum atomic E-state index is 11.7. The molecule has 5 heteroatoms. The SMILES string of the molecule is CC(C)(C)OC(=O)NC1CC(NC2CCN3CCC2C3)C1. The van der Waals surface area contributed by atoms with Crippen molar-refractivity contribution in [2.24, 2.45) is 5.92 Å². The molecule has 0 aromatic heterocycles. The first-order chi connectivity index (χ1) is 9.89. The number of fused-ring (bicyclic) bond motifs is 2. The molecule has 3 unspecified atom stereocenters. The molecule has 2 heterocycles. The van der Waals surface area contributed by atoms with Crippen molar-refractivity contribution < 1.29 is 9.53 Å². The normalized spacial score (nSPS) is 38.7. The number of nitrogens with one attached hydrogen (secondary N) is 2. The number of hydrogen-bond acceptors (Lipinski definition) is 4. The van der Waals surface area contributed by atoms with Gasteiger partial charge in [0, 0.05) is 24.7 Å². The Morgan fingerprint density at radius 1 is 1.14 bits per heavy atom. The second-order valence-electron chi connectivity index (χ2n) is 7.92. The number of alkyl carbamates (subject to hydrolysis) is 1. The number of nitrogens with zero attached hydrogens (tertiary/aromatic N) is 1. The van der Waals surface area contributed by atoms with Crippen LogP contribution in [0, 0.1) is 5.92 Å². The molecule has 3 rings (SSSR count). The highest BCUT2D eigenvalue weighted by Gasteiger charge is 2.38. The quantitative estimate of drug-likeness (QED) is 0.832. The van der Waals surface area contributed by atoms with Crippen LogP contribution in [0.5, 0.6) is 0 Å². The molecule has 3 atom stereocenters. The van der Waals surface area contributed by atoms with Crippen LogP contribution in [-0.4, -0.2) is 54.4 Å². The summed E-state index contributed by atoms with van der Waals surface area (Å²) in [6.07, 6.45) is 4.42. The zero-order valence-corrected chi connectivity index (χ0v) is 13.5. The molecular formula is C16H29N3O2. The Hall–Kier alpha value is -0.810. The van der Waals surface area contributed by atoms with Gasteiger partial charge in [-0.15, -0.1) is 0 Å². The fraction of sp³-hybridized carbons (Fsp3) is 0.938. The molecule has 21 heavy (non-hydrogen) atoms. The van der Waals surface area contributed by atoms with Gasteiger partial charge in [-0.25, -0.2) is 4.79 Å². The summed E-state index contributed by atoms with van der Waals surface area (Å²) in [5, 5.41) is 6.78. The monoisotopic (exact) mass is 295 g/mol.